The Hall–Kier alpha value is -1.46. The molecule has 1 atom stereocenters. The third kappa shape index (κ3) is 3.90. The van der Waals surface area contributed by atoms with E-state index in [4.69, 9.17) is 4.74 Å². The molecule has 2 heterocycles. The summed E-state index contributed by atoms with van der Waals surface area (Å²) in [5, 5.41) is 2.89. The SMILES string of the molecule is C[C@@H](C(=O)Nc1ccc(F)cc1)N1CCCC2(CCOCC2)C1. The monoisotopic (exact) mass is 320 g/mol. The smallest absolute Gasteiger partial charge is 0.241 e. The zero-order valence-corrected chi connectivity index (χ0v) is 13.7. The molecule has 1 N–H and O–H groups in total. The molecule has 23 heavy (non-hydrogen) atoms. The van der Waals surface area contributed by atoms with Gasteiger partial charge in [-0.05, 0) is 68.8 Å². The zero-order chi connectivity index (χ0) is 16.3. The molecule has 1 aromatic rings. The Morgan fingerprint density at radius 2 is 1.96 bits per heavy atom. The summed E-state index contributed by atoms with van der Waals surface area (Å²) in [4.78, 5) is 14.8. The fourth-order valence-corrected chi connectivity index (χ4v) is 3.73. The lowest BCUT2D eigenvalue weighted by Gasteiger charge is -2.46. The van der Waals surface area contributed by atoms with E-state index in [-0.39, 0.29) is 17.8 Å². The first-order chi connectivity index (χ1) is 11.1. The zero-order valence-electron chi connectivity index (χ0n) is 13.7. The van der Waals surface area contributed by atoms with E-state index in [0.717, 1.165) is 45.6 Å². The van der Waals surface area contributed by atoms with Crippen LogP contribution in [0.2, 0.25) is 0 Å². The topological polar surface area (TPSA) is 41.6 Å². The third-order valence-electron chi connectivity index (χ3n) is 5.28. The van der Waals surface area contributed by atoms with Gasteiger partial charge in [-0.3, -0.25) is 9.69 Å². The van der Waals surface area contributed by atoms with E-state index in [9.17, 15) is 9.18 Å². The summed E-state index contributed by atoms with van der Waals surface area (Å²) in [6.45, 7) is 5.56. The standard InChI is InChI=1S/C18H25FN2O2/c1-14(17(22)20-16-5-3-15(19)4-6-16)21-10-2-7-18(13-21)8-11-23-12-9-18/h3-6,14H,2,7-13H2,1H3,(H,20,22)/t14-/m0/s1. The number of hydrogen-bond acceptors (Lipinski definition) is 3. The van der Waals surface area contributed by atoms with Crippen LogP contribution >= 0.6 is 0 Å². The van der Waals surface area contributed by atoms with E-state index in [1.54, 1.807) is 12.1 Å². The van der Waals surface area contributed by atoms with Crippen LogP contribution in [0.1, 0.15) is 32.6 Å². The Balaban J connectivity index is 1.61. The fourth-order valence-electron chi connectivity index (χ4n) is 3.73. The van der Waals surface area contributed by atoms with Gasteiger partial charge in [-0.25, -0.2) is 4.39 Å². The summed E-state index contributed by atoms with van der Waals surface area (Å²) >= 11 is 0. The van der Waals surface area contributed by atoms with Crippen LogP contribution in [0.15, 0.2) is 24.3 Å². The molecule has 0 saturated carbocycles. The number of amides is 1. The molecule has 3 rings (SSSR count). The van der Waals surface area contributed by atoms with Crippen LogP contribution in [0.25, 0.3) is 0 Å². The van der Waals surface area contributed by atoms with Crippen LogP contribution in [0.5, 0.6) is 0 Å². The van der Waals surface area contributed by atoms with Gasteiger partial charge in [0.1, 0.15) is 5.82 Å². The number of hydrogen-bond donors (Lipinski definition) is 1. The van der Waals surface area contributed by atoms with Gasteiger partial charge in [0.2, 0.25) is 5.91 Å². The number of nitrogens with one attached hydrogen (secondary N) is 1. The average molecular weight is 320 g/mol. The number of halogens is 1. The minimum Gasteiger partial charge on any atom is -0.381 e. The molecule has 0 radical (unpaired) electrons. The minimum atomic E-state index is -0.298. The maximum Gasteiger partial charge on any atom is 0.241 e. The van der Waals surface area contributed by atoms with Crippen LogP contribution < -0.4 is 5.32 Å². The second-order valence-electron chi connectivity index (χ2n) is 6.86. The number of ether oxygens (including phenoxy) is 1. The lowest BCUT2D eigenvalue weighted by molar-refractivity contribution is -0.123. The highest BCUT2D eigenvalue weighted by atomic mass is 19.1. The van der Waals surface area contributed by atoms with E-state index < -0.39 is 0 Å². The van der Waals surface area contributed by atoms with Crippen LogP contribution in [-0.2, 0) is 9.53 Å². The molecule has 0 aliphatic carbocycles. The van der Waals surface area contributed by atoms with Gasteiger partial charge in [0.25, 0.3) is 0 Å². The van der Waals surface area contributed by atoms with Crippen LogP contribution in [-0.4, -0.2) is 43.2 Å². The molecule has 2 aliphatic heterocycles. The number of benzene rings is 1. The first kappa shape index (κ1) is 16.4. The maximum atomic E-state index is 12.9. The van der Waals surface area contributed by atoms with Crippen molar-refractivity contribution in [1.82, 2.24) is 4.90 Å². The van der Waals surface area contributed by atoms with Crippen molar-refractivity contribution >= 4 is 11.6 Å². The molecule has 126 valence electrons. The predicted octanol–water partition coefficient (Wildman–Crippen LogP) is 3.05. The first-order valence-corrected chi connectivity index (χ1v) is 8.46. The number of nitrogens with zero attached hydrogens (tertiary/aromatic N) is 1. The largest absolute Gasteiger partial charge is 0.381 e. The fraction of sp³-hybridized carbons (Fsp3) is 0.611. The van der Waals surface area contributed by atoms with Crippen molar-refractivity contribution in [3.8, 4) is 0 Å². The molecule has 2 fully saturated rings. The Bertz CT molecular complexity index is 535. The summed E-state index contributed by atoms with van der Waals surface area (Å²) in [7, 11) is 0. The Labute approximate surface area is 137 Å². The molecule has 2 aliphatic rings. The molecule has 2 saturated heterocycles. The highest BCUT2D eigenvalue weighted by Crippen LogP contribution is 2.39. The van der Waals surface area contributed by atoms with Crippen molar-refractivity contribution in [3.05, 3.63) is 30.1 Å². The van der Waals surface area contributed by atoms with Gasteiger partial charge in [0, 0.05) is 25.4 Å². The highest BCUT2D eigenvalue weighted by Gasteiger charge is 2.39. The number of piperidine rings is 1. The highest BCUT2D eigenvalue weighted by molar-refractivity contribution is 5.94. The molecule has 5 heteroatoms. The van der Waals surface area contributed by atoms with Crippen molar-refractivity contribution in [2.75, 3.05) is 31.6 Å². The van der Waals surface area contributed by atoms with Crippen molar-refractivity contribution in [1.29, 1.82) is 0 Å². The van der Waals surface area contributed by atoms with E-state index >= 15 is 0 Å². The predicted molar refractivity (Wildman–Crippen MR) is 87.8 cm³/mol. The lowest BCUT2D eigenvalue weighted by Crippen LogP contribution is -2.52. The Morgan fingerprint density at radius 1 is 1.26 bits per heavy atom. The van der Waals surface area contributed by atoms with Crippen LogP contribution in [0.3, 0.4) is 0 Å². The third-order valence-corrected chi connectivity index (χ3v) is 5.28. The summed E-state index contributed by atoms with van der Waals surface area (Å²) in [6.07, 6.45) is 4.55. The second-order valence-corrected chi connectivity index (χ2v) is 6.86. The molecule has 0 aromatic heterocycles. The molecule has 4 nitrogen and oxygen atoms in total. The lowest BCUT2D eigenvalue weighted by atomic mass is 9.73. The molecule has 0 unspecified atom stereocenters. The van der Waals surface area contributed by atoms with E-state index in [1.165, 1.54) is 18.6 Å². The number of carbonyl (C=O) groups excluding carboxylic acids is 1. The Kier molecular flexibility index (Phi) is 4.97. The maximum absolute atomic E-state index is 12.9. The second kappa shape index (κ2) is 6.97. The Morgan fingerprint density at radius 3 is 2.65 bits per heavy atom. The van der Waals surface area contributed by atoms with E-state index in [2.05, 4.69) is 10.2 Å². The number of anilines is 1. The first-order valence-electron chi connectivity index (χ1n) is 8.46. The normalized spacial score (nSPS) is 22.7. The van der Waals surface area contributed by atoms with Gasteiger partial charge < -0.3 is 10.1 Å². The van der Waals surface area contributed by atoms with Crippen LogP contribution in [0, 0.1) is 11.2 Å². The van der Waals surface area contributed by atoms with Gasteiger partial charge in [-0.15, -0.1) is 0 Å². The quantitative estimate of drug-likeness (QED) is 0.931. The van der Waals surface area contributed by atoms with Crippen molar-refractivity contribution in [3.63, 3.8) is 0 Å². The van der Waals surface area contributed by atoms with Gasteiger partial charge >= 0.3 is 0 Å². The van der Waals surface area contributed by atoms with Gasteiger partial charge in [-0.2, -0.15) is 0 Å². The number of carbonyl (C=O) groups is 1. The van der Waals surface area contributed by atoms with E-state index in [0.29, 0.717) is 11.1 Å². The molecule has 1 amide bonds. The average Bonchev–Trinajstić information content (AvgIpc) is 2.57. The van der Waals surface area contributed by atoms with Crippen molar-refractivity contribution in [2.24, 2.45) is 5.41 Å². The summed E-state index contributed by atoms with van der Waals surface area (Å²) < 4.78 is 18.4. The van der Waals surface area contributed by atoms with Gasteiger partial charge in [0.05, 0.1) is 6.04 Å². The molecule has 1 spiro atoms. The minimum absolute atomic E-state index is 0.0271. The molecule has 0 bridgehead atoms. The van der Waals surface area contributed by atoms with Gasteiger partial charge in [0.15, 0.2) is 0 Å². The number of rotatable bonds is 3. The number of likely N-dealkylation sites (tertiary alicyclic amines) is 1. The summed E-state index contributed by atoms with van der Waals surface area (Å²) in [5.41, 5.74) is 0.960. The summed E-state index contributed by atoms with van der Waals surface area (Å²) in [6, 6.07) is 5.72. The van der Waals surface area contributed by atoms with Crippen molar-refractivity contribution in [2.45, 2.75) is 38.6 Å². The van der Waals surface area contributed by atoms with Gasteiger partial charge in [-0.1, -0.05) is 0 Å². The molecule has 1 aromatic carbocycles. The molecular weight excluding hydrogens is 295 g/mol. The summed E-state index contributed by atoms with van der Waals surface area (Å²) in [5.74, 6) is -0.325. The van der Waals surface area contributed by atoms with Crippen LogP contribution in [0.4, 0.5) is 10.1 Å². The van der Waals surface area contributed by atoms with Crippen molar-refractivity contribution < 1.29 is 13.9 Å². The molecular formula is C18H25FN2O2. The van der Waals surface area contributed by atoms with E-state index in [1.807, 2.05) is 6.92 Å².